The van der Waals surface area contributed by atoms with Crippen molar-refractivity contribution in [3.05, 3.63) is 94.8 Å². The molecule has 0 saturated heterocycles. The highest BCUT2D eigenvalue weighted by Crippen LogP contribution is 2.24. The summed E-state index contributed by atoms with van der Waals surface area (Å²) in [6, 6.07) is 18.2. The van der Waals surface area contributed by atoms with Crippen molar-refractivity contribution in [3.63, 3.8) is 0 Å². The van der Waals surface area contributed by atoms with Gasteiger partial charge in [0.15, 0.2) is 0 Å². The highest BCUT2D eigenvalue weighted by atomic mass is 19.1. The van der Waals surface area contributed by atoms with Gasteiger partial charge in [-0.25, -0.2) is 4.39 Å². The van der Waals surface area contributed by atoms with E-state index in [1.165, 1.54) is 24.3 Å². The van der Waals surface area contributed by atoms with E-state index in [4.69, 9.17) is 0 Å². The molecule has 0 spiro atoms. The van der Waals surface area contributed by atoms with Crippen molar-refractivity contribution in [2.75, 3.05) is 24.2 Å². The van der Waals surface area contributed by atoms with Gasteiger partial charge in [0, 0.05) is 11.4 Å². The number of rotatable bonds is 7. The lowest BCUT2D eigenvalue weighted by Crippen LogP contribution is -2.39. The second-order valence-electron chi connectivity index (χ2n) is 8.05. The molecule has 166 valence electrons. The SMILES string of the molecule is Cc1cc(C)c(NC(=O)CN(C)[C@H](C(=O)Nc2ccc(F)cc2)c2ccccc2)c(C)c1. The molecule has 2 N–H and O–H groups in total. The highest BCUT2D eigenvalue weighted by Gasteiger charge is 2.27. The second-order valence-corrected chi connectivity index (χ2v) is 8.05. The van der Waals surface area contributed by atoms with E-state index in [2.05, 4.69) is 10.6 Å². The zero-order valence-electron chi connectivity index (χ0n) is 18.8. The predicted molar refractivity (Wildman–Crippen MR) is 126 cm³/mol. The van der Waals surface area contributed by atoms with E-state index in [1.54, 1.807) is 11.9 Å². The van der Waals surface area contributed by atoms with Crippen LogP contribution in [0.5, 0.6) is 0 Å². The molecule has 0 heterocycles. The van der Waals surface area contributed by atoms with E-state index >= 15 is 0 Å². The van der Waals surface area contributed by atoms with Crippen LogP contribution >= 0.6 is 0 Å². The van der Waals surface area contributed by atoms with Gasteiger partial charge in [0.25, 0.3) is 0 Å². The number of likely N-dealkylation sites (N-methyl/N-ethyl adjacent to an activating group) is 1. The van der Waals surface area contributed by atoms with Crippen molar-refractivity contribution >= 4 is 23.2 Å². The van der Waals surface area contributed by atoms with Crippen molar-refractivity contribution in [2.24, 2.45) is 0 Å². The molecular formula is C26H28FN3O2. The Labute approximate surface area is 188 Å². The van der Waals surface area contributed by atoms with Gasteiger partial charge in [0.05, 0.1) is 6.54 Å². The Bertz CT molecular complexity index is 1070. The number of hydrogen-bond acceptors (Lipinski definition) is 3. The molecule has 3 aromatic carbocycles. The Morgan fingerprint density at radius 2 is 1.50 bits per heavy atom. The van der Waals surface area contributed by atoms with E-state index < -0.39 is 6.04 Å². The number of hydrogen-bond donors (Lipinski definition) is 2. The van der Waals surface area contributed by atoms with E-state index in [0.717, 1.165) is 27.9 Å². The fraction of sp³-hybridized carbons (Fsp3) is 0.231. The van der Waals surface area contributed by atoms with Crippen molar-refractivity contribution < 1.29 is 14.0 Å². The first-order chi connectivity index (χ1) is 15.2. The lowest BCUT2D eigenvalue weighted by atomic mass is 10.0. The summed E-state index contributed by atoms with van der Waals surface area (Å²) in [4.78, 5) is 27.7. The van der Waals surface area contributed by atoms with Crippen LogP contribution in [0.4, 0.5) is 15.8 Å². The molecule has 0 fully saturated rings. The summed E-state index contributed by atoms with van der Waals surface area (Å²) in [6.07, 6.45) is 0. The number of halogens is 1. The molecular weight excluding hydrogens is 405 g/mol. The maximum absolute atomic E-state index is 13.2. The van der Waals surface area contributed by atoms with E-state index in [1.807, 2.05) is 63.2 Å². The third-order valence-corrected chi connectivity index (χ3v) is 5.25. The lowest BCUT2D eigenvalue weighted by molar-refractivity contribution is -0.123. The smallest absolute Gasteiger partial charge is 0.246 e. The molecule has 1 atom stereocenters. The van der Waals surface area contributed by atoms with Gasteiger partial charge in [-0.3, -0.25) is 14.5 Å². The first-order valence-corrected chi connectivity index (χ1v) is 10.4. The average Bonchev–Trinajstić information content (AvgIpc) is 2.73. The van der Waals surface area contributed by atoms with Gasteiger partial charge in [-0.15, -0.1) is 0 Å². The van der Waals surface area contributed by atoms with Gasteiger partial charge in [-0.2, -0.15) is 0 Å². The lowest BCUT2D eigenvalue weighted by Gasteiger charge is -2.27. The van der Waals surface area contributed by atoms with Gasteiger partial charge >= 0.3 is 0 Å². The monoisotopic (exact) mass is 433 g/mol. The summed E-state index contributed by atoms with van der Waals surface area (Å²) in [5.41, 5.74) is 5.16. The molecule has 0 aliphatic heterocycles. The van der Waals surface area contributed by atoms with Crippen LogP contribution in [0.2, 0.25) is 0 Å². The third kappa shape index (κ3) is 5.80. The number of amides is 2. The molecule has 0 aliphatic rings. The van der Waals surface area contributed by atoms with E-state index in [0.29, 0.717) is 5.69 Å². The standard InChI is InChI=1S/C26H28FN3O2/c1-17-14-18(2)24(19(3)15-17)29-23(31)16-30(4)25(20-8-6-5-7-9-20)26(32)28-22-12-10-21(27)11-13-22/h5-15,25H,16H2,1-4H3,(H,28,32)(H,29,31)/t25-/m0/s1. The Morgan fingerprint density at radius 1 is 0.906 bits per heavy atom. The maximum Gasteiger partial charge on any atom is 0.246 e. The number of nitrogens with one attached hydrogen (secondary N) is 2. The van der Waals surface area contributed by atoms with Crippen LogP contribution in [0, 0.1) is 26.6 Å². The van der Waals surface area contributed by atoms with Crippen molar-refractivity contribution in [3.8, 4) is 0 Å². The summed E-state index contributed by atoms with van der Waals surface area (Å²) in [7, 11) is 1.73. The third-order valence-electron chi connectivity index (χ3n) is 5.25. The fourth-order valence-electron chi connectivity index (χ4n) is 3.86. The minimum Gasteiger partial charge on any atom is -0.324 e. The summed E-state index contributed by atoms with van der Waals surface area (Å²) in [6.45, 7) is 5.96. The van der Waals surface area contributed by atoms with Crippen LogP contribution in [0.15, 0.2) is 66.7 Å². The average molecular weight is 434 g/mol. The topological polar surface area (TPSA) is 61.4 Å². The predicted octanol–water partition coefficient (Wildman–Crippen LogP) is 5.00. The molecule has 0 aromatic heterocycles. The zero-order chi connectivity index (χ0) is 23.3. The number of nitrogens with zero attached hydrogens (tertiary/aromatic N) is 1. The summed E-state index contributed by atoms with van der Waals surface area (Å²) in [5, 5.41) is 5.80. The normalized spacial score (nSPS) is 11.8. The van der Waals surface area contributed by atoms with E-state index in [9.17, 15) is 14.0 Å². The molecule has 0 aliphatic carbocycles. The van der Waals surface area contributed by atoms with Gasteiger partial charge in [-0.1, -0.05) is 48.0 Å². The highest BCUT2D eigenvalue weighted by molar-refractivity contribution is 5.97. The first-order valence-electron chi connectivity index (χ1n) is 10.4. The molecule has 3 aromatic rings. The molecule has 32 heavy (non-hydrogen) atoms. The Hall–Kier alpha value is -3.51. The summed E-state index contributed by atoms with van der Waals surface area (Å²) >= 11 is 0. The van der Waals surface area contributed by atoms with Crippen LogP contribution in [0.1, 0.15) is 28.3 Å². The zero-order valence-corrected chi connectivity index (χ0v) is 18.8. The number of aryl methyl sites for hydroxylation is 3. The maximum atomic E-state index is 13.2. The molecule has 3 rings (SSSR count). The first kappa shape index (κ1) is 23.2. The summed E-state index contributed by atoms with van der Waals surface area (Å²) in [5.74, 6) is -0.892. The van der Waals surface area contributed by atoms with Crippen LogP contribution in [-0.4, -0.2) is 30.3 Å². The fourth-order valence-corrected chi connectivity index (χ4v) is 3.86. The molecule has 6 heteroatoms. The van der Waals surface area contributed by atoms with Crippen molar-refractivity contribution in [1.82, 2.24) is 4.90 Å². The van der Waals surface area contributed by atoms with Crippen LogP contribution in [0.25, 0.3) is 0 Å². The quantitative estimate of drug-likeness (QED) is 0.551. The van der Waals surface area contributed by atoms with Gasteiger partial charge in [-0.05, 0) is 68.8 Å². The van der Waals surface area contributed by atoms with Crippen molar-refractivity contribution in [2.45, 2.75) is 26.8 Å². The minimum atomic E-state index is -0.702. The molecule has 0 saturated carbocycles. The van der Waals surface area contributed by atoms with E-state index in [-0.39, 0.29) is 24.2 Å². The summed E-state index contributed by atoms with van der Waals surface area (Å²) < 4.78 is 13.2. The van der Waals surface area contributed by atoms with Crippen LogP contribution in [-0.2, 0) is 9.59 Å². The molecule has 0 bridgehead atoms. The van der Waals surface area contributed by atoms with Gasteiger partial charge < -0.3 is 10.6 Å². The van der Waals surface area contributed by atoms with Gasteiger partial charge in [0.1, 0.15) is 11.9 Å². The molecule has 5 nitrogen and oxygen atoms in total. The largest absolute Gasteiger partial charge is 0.324 e. The Morgan fingerprint density at radius 3 is 2.09 bits per heavy atom. The number of benzene rings is 3. The van der Waals surface area contributed by atoms with Crippen LogP contribution in [0.3, 0.4) is 0 Å². The minimum absolute atomic E-state index is 0.0170. The molecule has 0 unspecified atom stereocenters. The molecule has 0 radical (unpaired) electrons. The number of anilines is 2. The van der Waals surface area contributed by atoms with Gasteiger partial charge in [0.2, 0.25) is 11.8 Å². The van der Waals surface area contributed by atoms with Crippen molar-refractivity contribution in [1.29, 1.82) is 0 Å². The number of carbonyl (C=O) groups is 2. The molecule has 2 amide bonds. The Balaban J connectivity index is 1.78. The second kappa shape index (κ2) is 10.2. The van der Waals surface area contributed by atoms with Crippen LogP contribution < -0.4 is 10.6 Å². The number of carbonyl (C=O) groups excluding carboxylic acids is 2. The Kier molecular flexibility index (Phi) is 7.38.